The molecule has 20 heavy (non-hydrogen) atoms. The van der Waals surface area contributed by atoms with Gasteiger partial charge in [-0.2, -0.15) is 0 Å². The molecule has 0 spiro atoms. The van der Waals surface area contributed by atoms with E-state index in [0.717, 1.165) is 11.8 Å². The first kappa shape index (κ1) is 16.8. The van der Waals surface area contributed by atoms with Crippen LogP contribution in [-0.2, 0) is 20.1 Å². The largest absolute Gasteiger partial charge is 0.435 e. The lowest BCUT2D eigenvalue weighted by Gasteiger charge is -2.02. The summed E-state index contributed by atoms with van der Waals surface area (Å²) in [6.07, 6.45) is 3.26. The van der Waals surface area contributed by atoms with E-state index >= 15 is 0 Å². The van der Waals surface area contributed by atoms with Gasteiger partial charge in [-0.25, -0.2) is 0 Å². The summed E-state index contributed by atoms with van der Waals surface area (Å²) in [6.45, 7) is 3.31. The molecule has 0 saturated carbocycles. The molecule has 1 aromatic carbocycles. The number of halogens is 1. The van der Waals surface area contributed by atoms with Gasteiger partial charge in [0.25, 0.3) is 0 Å². The van der Waals surface area contributed by atoms with Gasteiger partial charge in [-0.05, 0) is 30.5 Å². The smallest absolute Gasteiger partial charge is 0.310 e. The van der Waals surface area contributed by atoms with Crippen LogP contribution < -0.4 is 0 Å². The van der Waals surface area contributed by atoms with Crippen molar-refractivity contribution >= 4 is 34.4 Å². The molecule has 0 aliphatic rings. The molecule has 108 valence electrons. The molecular weight excluding hydrogens is 296 g/mol. The van der Waals surface area contributed by atoms with Crippen LogP contribution in [0.1, 0.15) is 31.2 Å². The number of carbonyl (C=O) groups is 2. The van der Waals surface area contributed by atoms with E-state index in [9.17, 15) is 9.59 Å². The first-order valence-electron chi connectivity index (χ1n) is 6.32. The van der Waals surface area contributed by atoms with Crippen LogP contribution in [0.2, 0.25) is 5.02 Å². The van der Waals surface area contributed by atoms with Gasteiger partial charge >= 0.3 is 5.97 Å². The zero-order valence-corrected chi connectivity index (χ0v) is 12.7. The zero-order valence-electron chi connectivity index (χ0n) is 11.1. The zero-order chi connectivity index (χ0) is 14.8. The average Bonchev–Trinajstić information content (AvgIpc) is 2.43. The normalized spacial score (nSPS) is 10.1. The number of rotatable bonds is 8. The second kappa shape index (κ2) is 9.61. The highest BCUT2D eigenvalue weighted by atomic mass is 35.5. The summed E-state index contributed by atoms with van der Waals surface area (Å²) in [5.41, 5.74) is 1.07. The maximum absolute atomic E-state index is 11.7. The molecule has 0 bridgehead atoms. The van der Waals surface area contributed by atoms with Crippen LogP contribution in [0.25, 0.3) is 0 Å². The maximum atomic E-state index is 11.7. The molecule has 0 aliphatic heterocycles. The van der Waals surface area contributed by atoms with Gasteiger partial charge in [0, 0.05) is 23.6 Å². The summed E-state index contributed by atoms with van der Waals surface area (Å²) in [4.78, 5) is 22.7. The van der Waals surface area contributed by atoms with Crippen molar-refractivity contribution in [3.8, 4) is 0 Å². The molecule has 5 heteroatoms. The lowest BCUT2D eigenvalue weighted by Crippen LogP contribution is -2.00. The second-order valence-electron chi connectivity index (χ2n) is 4.15. The van der Waals surface area contributed by atoms with Gasteiger partial charge < -0.3 is 4.74 Å². The minimum atomic E-state index is -0.304. The molecular formula is C15H17ClO3S. The highest BCUT2D eigenvalue weighted by Gasteiger charge is 2.05. The van der Waals surface area contributed by atoms with Crippen molar-refractivity contribution in [1.29, 1.82) is 0 Å². The average molecular weight is 313 g/mol. The number of unbranched alkanes of at least 4 members (excludes halogenated alkanes) is 1. The lowest BCUT2D eigenvalue weighted by molar-refractivity contribution is -0.138. The van der Waals surface area contributed by atoms with E-state index in [1.54, 1.807) is 0 Å². The summed E-state index contributed by atoms with van der Waals surface area (Å²) < 4.78 is 4.59. The molecule has 0 atom stereocenters. The van der Waals surface area contributed by atoms with E-state index in [1.165, 1.54) is 11.8 Å². The van der Waals surface area contributed by atoms with Crippen LogP contribution in [0, 0.1) is 0 Å². The van der Waals surface area contributed by atoms with E-state index < -0.39 is 0 Å². The quantitative estimate of drug-likeness (QED) is 0.407. The predicted octanol–water partition coefficient (Wildman–Crippen LogP) is 4.35. The predicted molar refractivity (Wildman–Crippen MR) is 82.5 cm³/mol. The number of hydrogen-bond donors (Lipinski definition) is 0. The van der Waals surface area contributed by atoms with Crippen molar-refractivity contribution in [2.45, 2.75) is 31.4 Å². The summed E-state index contributed by atoms with van der Waals surface area (Å²) in [5, 5.41) is 0.827. The van der Waals surface area contributed by atoms with Gasteiger partial charge in [-0.15, -0.1) is 0 Å². The van der Waals surface area contributed by atoms with Crippen LogP contribution in [0.5, 0.6) is 0 Å². The van der Waals surface area contributed by atoms with Gasteiger partial charge in [0.1, 0.15) is 0 Å². The Morgan fingerprint density at radius 3 is 2.50 bits per heavy atom. The standard InChI is InChI=1S/C15H17ClO3S/c1-2-19-14(17)5-3-4-6-15(18)20-11-12-7-9-13(16)10-8-12/h2,7-10H,1,3-6,11H2. The van der Waals surface area contributed by atoms with Gasteiger partial charge in [0.2, 0.25) is 0 Å². The van der Waals surface area contributed by atoms with E-state index in [1.807, 2.05) is 24.3 Å². The topological polar surface area (TPSA) is 43.4 Å². The fourth-order valence-corrected chi connectivity index (χ4v) is 2.44. The van der Waals surface area contributed by atoms with Crippen LogP contribution in [0.15, 0.2) is 37.1 Å². The first-order chi connectivity index (χ1) is 9.61. The Balaban J connectivity index is 2.13. The molecule has 0 aliphatic carbocycles. The lowest BCUT2D eigenvalue weighted by atomic mass is 10.2. The molecule has 3 nitrogen and oxygen atoms in total. The van der Waals surface area contributed by atoms with Crippen molar-refractivity contribution in [3.63, 3.8) is 0 Å². The molecule has 0 aromatic heterocycles. The molecule has 0 amide bonds. The van der Waals surface area contributed by atoms with Crippen LogP contribution in [0.3, 0.4) is 0 Å². The van der Waals surface area contributed by atoms with E-state index in [0.29, 0.717) is 36.5 Å². The Morgan fingerprint density at radius 1 is 1.20 bits per heavy atom. The van der Waals surface area contributed by atoms with Crippen LogP contribution >= 0.6 is 23.4 Å². The van der Waals surface area contributed by atoms with Crippen molar-refractivity contribution in [2.75, 3.05) is 0 Å². The van der Waals surface area contributed by atoms with Gasteiger partial charge in [-0.1, -0.05) is 42.1 Å². The molecule has 0 saturated heterocycles. The molecule has 1 rings (SSSR count). The summed E-state index contributed by atoms with van der Waals surface area (Å²) in [6, 6.07) is 7.45. The van der Waals surface area contributed by atoms with Crippen LogP contribution in [-0.4, -0.2) is 11.1 Å². The van der Waals surface area contributed by atoms with Gasteiger partial charge in [0.15, 0.2) is 5.12 Å². The number of thioether (sulfide) groups is 1. The maximum Gasteiger partial charge on any atom is 0.310 e. The fraction of sp³-hybridized carbons (Fsp3) is 0.333. The molecule has 0 N–H and O–H groups in total. The number of carbonyl (C=O) groups excluding carboxylic acids is 2. The van der Waals surface area contributed by atoms with Gasteiger partial charge in [-0.3, -0.25) is 9.59 Å². The minimum absolute atomic E-state index is 0.136. The fourth-order valence-electron chi connectivity index (χ4n) is 1.51. The summed E-state index contributed by atoms with van der Waals surface area (Å²) >= 11 is 7.08. The van der Waals surface area contributed by atoms with Gasteiger partial charge in [0.05, 0.1) is 6.26 Å². The Hall–Kier alpha value is -1.26. The van der Waals surface area contributed by atoms with Crippen molar-refractivity contribution < 1.29 is 14.3 Å². The third kappa shape index (κ3) is 7.36. The first-order valence-corrected chi connectivity index (χ1v) is 7.68. The van der Waals surface area contributed by atoms with E-state index in [4.69, 9.17) is 11.6 Å². The summed E-state index contributed by atoms with van der Waals surface area (Å²) in [7, 11) is 0. The number of ether oxygens (including phenoxy) is 1. The van der Waals surface area contributed by atoms with E-state index in [-0.39, 0.29) is 11.1 Å². The Labute approximate surface area is 128 Å². The molecule has 0 unspecified atom stereocenters. The summed E-state index contributed by atoms with van der Waals surface area (Å²) in [5.74, 6) is 0.343. The SMILES string of the molecule is C=COC(=O)CCCCC(=O)SCc1ccc(Cl)cc1. The highest BCUT2D eigenvalue weighted by Crippen LogP contribution is 2.18. The molecule has 0 fully saturated rings. The highest BCUT2D eigenvalue weighted by molar-refractivity contribution is 8.12. The second-order valence-corrected chi connectivity index (χ2v) is 5.62. The molecule has 0 radical (unpaired) electrons. The van der Waals surface area contributed by atoms with Crippen molar-refractivity contribution in [2.24, 2.45) is 0 Å². The third-order valence-electron chi connectivity index (χ3n) is 2.54. The Bertz CT molecular complexity index is 457. The van der Waals surface area contributed by atoms with Crippen molar-refractivity contribution in [3.05, 3.63) is 47.7 Å². The molecule has 0 heterocycles. The van der Waals surface area contributed by atoms with Crippen molar-refractivity contribution in [1.82, 2.24) is 0 Å². The number of esters is 1. The Morgan fingerprint density at radius 2 is 1.85 bits per heavy atom. The Kier molecular flexibility index (Phi) is 8.07. The van der Waals surface area contributed by atoms with Crippen LogP contribution in [0.4, 0.5) is 0 Å². The molecule has 1 aromatic rings. The minimum Gasteiger partial charge on any atom is -0.435 e. The third-order valence-corrected chi connectivity index (χ3v) is 3.80. The number of benzene rings is 1. The number of hydrogen-bond acceptors (Lipinski definition) is 4. The van der Waals surface area contributed by atoms with E-state index in [2.05, 4.69) is 11.3 Å². The monoisotopic (exact) mass is 312 g/mol.